The summed E-state index contributed by atoms with van der Waals surface area (Å²) in [5.74, 6) is -0.752. The second-order valence-electron chi connectivity index (χ2n) is 4.62. The fourth-order valence-electron chi connectivity index (χ4n) is 1.12. The maximum atomic E-state index is 11.7. The van der Waals surface area contributed by atoms with Crippen molar-refractivity contribution < 1.29 is 19.1 Å². The molecule has 0 unspecified atom stereocenters. The number of esters is 1. The number of amides is 1. The number of carbonyl (C=O) groups excluding carboxylic acids is 2. The van der Waals surface area contributed by atoms with Crippen LogP contribution in [-0.2, 0) is 14.3 Å². The molecule has 0 aliphatic rings. The topological polar surface area (TPSA) is 95.3 Å². The van der Waals surface area contributed by atoms with E-state index in [1.807, 2.05) is 0 Å². The van der Waals surface area contributed by atoms with Gasteiger partial charge in [-0.15, -0.1) is 0 Å². The van der Waals surface area contributed by atoms with Gasteiger partial charge in [-0.1, -0.05) is 0 Å². The summed E-state index contributed by atoms with van der Waals surface area (Å²) < 4.78 is 11.1. The molecule has 0 aliphatic carbocycles. The zero-order valence-corrected chi connectivity index (χ0v) is 13.1. The molecule has 0 aliphatic heterocycles. The maximum Gasteiger partial charge on any atom is 0.412 e. The number of hydrogen-bond acceptors (Lipinski definition) is 6. The molecular formula is C11H15BrN4O4. The molecule has 9 heteroatoms. The van der Waals surface area contributed by atoms with E-state index in [-0.39, 0.29) is 10.3 Å². The first-order chi connectivity index (χ1) is 9.24. The van der Waals surface area contributed by atoms with Crippen LogP contribution in [0.3, 0.4) is 0 Å². The molecule has 1 rings (SSSR count). The lowest BCUT2D eigenvalue weighted by Crippen LogP contribution is -2.35. The highest BCUT2D eigenvalue weighted by atomic mass is 79.9. The molecule has 1 N–H and O–H groups in total. The Labute approximate surface area is 124 Å². The molecule has 0 bridgehead atoms. The lowest BCUT2D eigenvalue weighted by molar-refractivity contribution is -0.136. The predicted octanol–water partition coefficient (Wildman–Crippen LogP) is 1.50. The minimum absolute atomic E-state index is 0.146. The molecule has 0 atom stereocenters. The van der Waals surface area contributed by atoms with E-state index in [1.165, 1.54) is 24.4 Å². The Morgan fingerprint density at radius 3 is 2.45 bits per heavy atom. The molecule has 0 saturated carbocycles. The maximum absolute atomic E-state index is 11.7. The van der Waals surface area contributed by atoms with Gasteiger partial charge in [-0.2, -0.15) is 5.10 Å². The Morgan fingerprint density at radius 2 is 2.00 bits per heavy atom. The molecule has 0 fully saturated rings. The number of nitrogens with zero attached hydrogens (tertiary/aromatic N) is 3. The van der Waals surface area contributed by atoms with Crippen LogP contribution in [0, 0.1) is 0 Å². The van der Waals surface area contributed by atoms with E-state index in [1.54, 1.807) is 20.8 Å². The molecule has 0 aromatic carbocycles. The fraction of sp³-hybridized carbons (Fsp3) is 0.455. The van der Waals surface area contributed by atoms with Gasteiger partial charge in [-0.3, -0.25) is 5.32 Å². The van der Waals surface area contributed by atoms with Crippen LogP contribution < -0.4 is 5.32 Å². The molecule has 0 radical (unpaired) electrons. The van der Waals surface area contributed by atoms with Crippen LogP contribution in [0.15, 0.2) is 18.4 Å². The average Bonchev–Trinajstić information content (AvgIpc) is 2.85. The number of ether oxygens (including phenoxy) is 2. The van der Waals surface area contributed by atoms with Crippen molar-refractivity contribution in [1.82, 2.24) is 20.1 Å². The van der Waals surface area contributed by atoms with E-state index in [4.69, 9.17) is 4.74 Å². The van der Waals surface area contributed by atoms with Gasteiger partial charge >= 0.3 is 12.1 Å². The lowest BCUT2D eigenvalue weighted by Gasteiger charge is -2.20. The highest BCUT2D eigenvalue weighted by Gasteiger charge is 2.23. The van der Waals surface area contributed by atoms with Crippen LogP contribution in [0.25, 0.3) is 4.61 Å². The van der Waals surface area contributed by atoms with Gasteiger partial charge < -0.3 is 9.47 Å². The SMILES string of the molecule is COC(=O)/C(NC(=O)OC(C)(C)C)=C(/Br)n1cncn1. The van der Waals surface area contributed by atoms with Gasteiger partial charge in [-0.25, -0.2) is 19.3 Å². The molecule has 20 heavy (non-hydrogen) atoms. The third-order valence-corrected chi connectivity index (χ3v) is 2.60. The summed E-state index contributed by atoms with van der Waals surface area (Å²) in [7, 11) is 1.20. The molecule has 8 nitrogen and oxygen atoms in total. The van der Waals surface area contributed by atoms with Crippen molar-refractivity contribution in [2.45, 2.75) is 26.4 Å². The van der Waals surface area contributed by atoms with E-state index in [9.17, 15) is 9.59 Å². The third kappa shape index (κ3) is 4.65. The summed E-state index contributed by atoms with van der Waals surface area (Å²) in [6.07, 6.45) is 1.85. The Hall–Kier alpha value is -1.90. The Kier molecular flexibility index (Phi) is 5.26. The minimum atomic E-state index is -0.782. The van der Waals surface area contributed by atoms with Crippen molar-refractivity contribution >= 4 is 32.6 Å². The van der Waals surface area contributed by atoms with Crippen LogP contribution in [0.2, 0.25) is 0 Å². The van der Waals surface area contributed by atoms with Gasteiger partial charge in [-0.05, 0) is 36.7 Å². The van der Waals surface area contributed by atoms with Gasteiger partial charge in [0.25, 0.3) is 0 Å². The number of nitrogens with one attached hydrogen (secondary N) is 1. The zero-order chi connectivity index (χ0) is 15.3. The second kappa shape index (κ2) is 6.51. The molecule has 110 valence electrons. The Balaban J connectivity index is 3.00. The summed E-state index contributed by atoms with van der Waals surface area (Å²) in [6.45, 7) is 5.13. The largest absolute Gasteiger partial charge is 0.464 e. The quantitative estimate of drug-likeness (QED) is 0.658. The van der Waals surface area contributed by atoms with E-state index in [0.29, 0.717) is 0 Å². The van der Waals surface area contributed by atoms with Crippen molar-refractivity contribution in [1.29, 1.82) is 0 Å². The fourth-order valence-corrected chi connectivity index (χ4v) is 1.56. The van der Waals surface area contributed by atoms with Crippen LogP contribution in [0.4, 0.5) is 4.79 Å². The molecule has 1 aromatic heterocycles. The number of rotatable bonds is 3. The smallest absolute Gasteiger partial charge is 0.412 e. The number of alkyl carbamates (subject to hydrolysis) is 1. The van der Waals surface area contributed by atoms with Crippen molar-refractivity contribution in [3.8, 4) is 0 Å². The van der Waals surface area contributed by atoms with Crippen molar-refractivity contribution in [3.05, 3.63) is 18.4 Å². The van der Waals surface area contributed by atoms with Gasteiger partial charge in [0, 0.05) is 0 Å². The van der Waals surface area contributed by atoms with E-state index >= 15 is 0 Å². The van der Waals surface area contributed by atoms with Crippen LogP contribution in [0.1, 0.15) is 20.8 Å². The van der Waals surface area contributed by atoms with Crippen molar-refractivity contribution in [3.63, 3.8) is 0 Å². The van der Waals surface area contributed by atoms with Gasteiger partial charge in [0.05, 0.1) is 7.11 Å². The van der Waals surface area contributed by atoms with Crippen LogP contribution in [0.5, 0.6) is 0 Å². The minimum Gasteiger partial charge on any atom is -0.464 e. The van der Waals surface area contributed by atoms with Gasteiger partial charge in [0.1, 0.15) is 22.9 Å². The summed E-state index contributed by atoms with van der Waals surface area (Å²) in [5.41, 5.74) is -0.836. The molecule has 0 saturated heterocycles. The van der Waals surface area contributed by atoms with E-state index in [0.717, 1.165) is 0 Å². The first kappa shape index (κ1) is 16.2. The number of methoxy groups -OCH3 is 1. The first-order valence-corrected chi connectivity index (χ1v) is 6.37. The summed E-state index contributed by atoms with van der Waals surface area (Å²) in [4.78, 5) is 27.2. The number of hydrogen-bond donors (Lipinski definition) is 1. The van der Waals surface area contributed by atoms with E-state index < -0.39 is 17.7 Å². The lowest BCUT2D eigenvalue weighted by atomic mass is 10.2. The van der Waals surface area contributed by atoms with E-state index in [2.05, 4.69) is 36.1 Å². The molecule has 1 aromatic rings. The standard InChI is InChI=1S/C11H15BrN4O4/c1-11(2,3)20-10(18)15-7(9(17)19-4)8(12)16-6-13-5-14-16/h5-6H,1-4H3,(H,15,18)/b8-7+. The van der Waals surface area contributed by atoms with Gasteiger partial charge in [0.15, 0.2) is 5.70 Å². The van der Waals surface area contributed by atoms with Gasteiger partial charge in [0.2, 0.25) is 0 Å². The number of halogens is 1. The first-order valence-electron chi connectivity index (χ1n) is 5.57. The highest BCUT2D eigenvalue weighted by Crippen LogP contribution is 2.17. The van der Waals surface area contributed by atoms with Crippen LogP contribution >= 0.6 is 15.9 Å². The van der Waals surface area contributed by atoms with Crippen molar-refractivity contribution in [2.75, 3.05) is 7.11 Å². The third-order valence-electron chi connectivity index (χ3n) is 1.84. The zero-order valence-electron chi connectivity index (χ0n) is 11.5. The second-order valence-corrected chi connectivity index (χ2v) is 5.38. The predicted molar refractivity (Wildman–Crippen MR) is 73.6 cm³/mol. The normalized spacial score (nSPS) is 12.4. The monoisotopic (exact) mass is 346 g/mol. The molecule has 1 heterocycles. The summed E-state index contributed by atoms with van der Waals surface area (Å²) >= 11 is 3.15. The Morgan fingerprint density at radius 1 is 1.35 bits per heavy atom. The molecule has 1 amide bonds. The highest BCUT2D eigenvalue weighted by molar-refractivity contribution is 9.14. The summed E-state index contributed by atoms with van der Waals surface area (Å²) in [6, 6.07) is 0. The Bertz CT molecular complexity index is 519. The number of carbonyl (C=O) groups is 2. The van der Waals surface area contributed by atoms with Crippen LogP contribution in [-0.4, -0.2) is 39.5 Å². The number of aromatic nitrogens is 3. The molecular weight excluding hydrogens is 332 g/mol. The molecule has 0 spiro atoms. The average molecular weight is 347 g/mol. The van der Waals surface area contributed by atoms with Crippen molar-refractivity contribution in [2.24, 2.45) is 0 Å². The summed E-state index contributed by atoms with van der Waals surface area (Å²) in [5, 5.41) is 6.16.